The second-order valence-corrected chi connectivity index (χ2v) is 11.2. The van der Waals surface area contributed by atoms with Gasteiger partial charge in [-0.1, -0.05) is 18.2 Å². The van der Waals surface area contributed by atoms with Crippen molar-refractivity contribution in [2.75, 3.05) is 13.1 Å². The fourth-order valence-corrected chi connectivity index (χ4v) is 4.35. The van der Waals surface area contributed by atoms with Crippen LogP contribution >= 0.6 is 0 Å². The zero-order chi connectivity index (χ0) is 21.9. The summed E-state index contributed by atoms with van der Waals surface area (Å²) in [5, 5.41) is 0. The molecule has 1 amide bonds. The highest BCUT2D eigenvalue weighted by atomic mass is 16.7. The van der Waals surface area contributed by atoms with Gasteiger partial charge in [0.15, 0.2) is 0 Å². The Balaban J connectivity index is 1.56. The minimum atomic E-state index is -0.467. The van der Waals surface area contributed by atoms with Crippen molar-refractivity contribution in [3.05, 3.63) is 29.3 Å². The minimum absolute atomic E-state index is 0.208. The first kappa shape index (κ1) is 21.7. The summed E-state index contributed by atoms with van der Waals surface area (Å²) in [6, 6.07) is 6.71. The molecule has 2 aliphatic heterocycles. The third-order valence-corrected chi connectivity index (χ3v) is 6.93. The van der Waals surface area contributed by atoms with Gasteiger partial charge >= 0.3 is 13.2 Å². The van der Waals surface area contributed by atoms with Crippen molar-refractivity contribution in [2.24, 2.45) is 0 Å². The first-order chi connectivity index (χ1) is 13.9. The average molecular weight is 413 g/mol. The van der Waals surface area contributed by atoms with Crippen molar-refractivity contribution in [2.45, 2.75) is 96.4 Å². The maximum atomic E-state index is 12.6. The fourth-order valence-electron chi connectivity index (χ4n) is 4.35. The summed E-state index contributed by atoms with van der Waals surface area (Å²) in [5.41, 5.74) is 2.69. The Hall–Kier alpha value is -1.53. The van der Waals surface area contributed by atoms with Crippen LogP contribution in [0, 0.1) is 0 Å². The van der Waals surface area contributed by atoms with Gasteiger partial charge in [0.1, 0.15) is 5.60 Å². The summed E-state index contributed by atoms with van der Waals surface area (Å²) >= 11 is 0. The summed E-state index contributed by atoms with van der Waals surface area (Å²) in [6.45, 7) is 15.5. The molecule has 1 saturated carbocycles. The van der Waals surface area contributed by atoms with Crippen LogP contribution in [0.4, 0.5) is 4.79 Å². The molecule has 6 heteroatoms. The van der Waals surface area contributed by atoms with Crippen molar-refractivity contribution < 1.29 is 18.8 Å². The number of hydrogen-bond donors (Lipinski definition) is 0. The minimum Gasteiger partial charge on any atom is -0.444 e. The molecule has 0 aromatic heterocycles. The van der Waals surface area contributed by atoms with Gasteiger partial charge in [-0.3, -0.25) is 0 Å². The lowest BCUT2D eigenvalue weighted by Crippen LogP contribution is -2.41. The predicted molar refractivity (Wildman–Crippen MR) is 119 cm³/mol. The van der Waals surface area contributed by atoms with Gasteiger partial charge in [-0.15, -0.1) is 0 Å². The Kier molecular flexibility index (Phi) is 5.26. The van der Waals surface area contributed by atoms with E-state index in [0.717, 1.165) is 18.4 Å². The first-order valence-corrected chi connectivity index (χ1v) is 11.3. The molecule has 1 atom stereocenters. The molecule has 5 nitrogen and oxygen atoms in total. The average Bonchev–Trinajstić information content (AvgIpc) is 3.28. The van der Waals surface area contributed by atoms with Crippen molar-refractivity contribution in [1.29, 1.82) is 0 Å². The summed E-state index contributed by atoms with van der Waals surface area (Å²) in [6.07, 6.45) is 3.27. The molecule has 0 bridgehead atoms. The van der Waals surface area contributed by atoms with E-state index in [1.54, 1.807) is 0 Å². The highest BCUT2D eigenvalue weighted by Gasteiger charge is 2.52. The van der Waals surface area contributed by atoms with Crippen molar-refractivity contribution in [3.63, 3.8) is 0 Å². The molecular weight excluding hydrogens is 377 g/mol. The van der Waals surface area contributed by atoms with Gasteiger partial charge in [-0.05, 0) is 90.2 Å². The standard InChI is InChI=1S/C24H36BNO4/c1-22(2,3)28-21(27)26-13-12-17(15-26)20-14-18(10-11-19(20)16-8-9-16)25-29-23(4,5)24(6,7)30-25/h10-11,14,16-17H,8-9,12-13,15H2,1-7H3. The van der Waals surface area contributed by atoms with Gasteiger partial charge in [-0.25, -0.2) is 4.79 Å². The molecule has 3 fully saturated rings. The number of amides is 1. The Morgan fingerprint density at radius 2 is 1.67 bits per heavy atom. The zero-order valence-corrected chi connectivity index (χ0v) is 19.6. The van der Waals surface area contributed by atoms with E-state index in [9.17, 15) is 4.79 Å². The molecule has 3 aliphatic rings. The molecule has 164 valence electrons. The Morgan fingerprint density at radius 3 is 2.23 bits per heavy atom. The van der Waals surface area contributed by atoms with E-state index in [4.69, 9.17) is 14.0 Å². The molecular formula is C24H36BNO4. The van der Waals surface area contributed by atoms with Crippen LogP contribution in [0.3, 0.4) is 0 Å². The monoisotopic (exact) mass is 413 g/mol. The number of hydrogen-bond acceptors (Lipinski definition) is 4. The molecule has 0 spiro atoms. The maximum Gasteiger partial charge on any atom is 0.494 e. The van der Waals surface area contributed by atoms with E-state index in [1.165, 1.54) is 24.0 Å². The second-order valence-electron chi connectivity index (χ2n) is 11.2. The van der Waals surface area contributed by atoms with Crippen LogP contribution in [0.1, 0.15) is 90.7 Å². The van der Waals surface area contributed by atoms with Crippen molar-refractivity contribution in [1.82, 2.24) is 4.90 Å². The summed E-state index contributed by atoms with van der Waals surface area (Å²) in [5.74, 6) is 0.985. The normalized spacial score (nSPS) is 25.6. The zero-order valence-electron chi connectivity index (χ0n) is 19.6. The lowest BCUT2D eigenvalue weighted by molar-refractivity contribution is 0.00578. The molecule has 30 heavy (non-hydrogen) atoms. The number of rotatable bonds is 3. The largest absolute Gasteiger partial charge is 0.494 e. The molecule has 1 aromatic rings. The lowest BCUT2D eigenvalue weighted by atomic mass is 9.75. The lowest BCUT2D eigenvalue weighted by Gasteiger charge is -2.32. The van der Waals surface area contributed by atoms with Gasteiger partial charge in [0.05, 0.1) is 11.2 Å². The second kappa shape index (κ2) is 7.27. The predicted octanol–water partition coefficient (Wildman–Crippen LogP) is 4.59. The Morgan fingerprint density at radius 1 is 1.03 bits per heavy atom. The molecule has 4 rings (SSSR count). The summed E-state index contributed by atoms with van der Waals surface area (Å²) in [7, 11) is -0.356. The van der Waals surface area contributed by atoms with Crippen LogP contribution in [0.5, 0.6) is 0 Å². The molecule has 1 aliphatic carbocycles. The molecule has 2 heterocycles. The topological polar surface area (TPSA) is 48.0 Å². The van der Waals surface area contributed by atoms with E-state index >= 15 is 0 Å². The molecule has 0 N–H and O–H groups in total. The van der Waals surface area contributed by atoms with Crippen LogP contribution < -0.4 is 5.46 Å². The van der Waals surface area contributed by atoms with E-state index in [0.29, 0.717) is 18.4 Å². The van der Waals surface area contributed by atoms with Crippen molar-refractivity contribution >= 4 is 18.7 Å². The van der Waals surface area contributed by atoms with E-state index in [1.807, 2.05) is 25.7 Å². The first-order valence-electron chi connectivity index (χ1n) is 11.3. The summed E-state index contributed by atoms with van der Waals surface area (Å²) in [4.78, 5) is 14.4. The molecule has 1 aromatic carbocycles. The SMILES string of the molecule is CC(C)(C)OC(=O)N1CCC(c2cc(B3OC(C)(C)C(C)(C)O3)ccc2C2CC2)C1. The quantitative estimate of drug-likeness (QED) is 0.681. The Bertz CT molecular complexity index is 809. The number of benzene rings is 1. The van der Waals surface area contributed by atoms with E-state index in [2.05, 4.69) is 45.9 Å². The highest BCUT2D eigenvalue weighted by Crippen LogP contribution is 2.45. The number of carbonyl (C=O) groups excluding carboxylic acids is 1. The van der Waals surface area contributed by atoms with Crippen molar-refractivity contribution in [3.8, 4) is 0 Å². The van der Waals surface area contributed by atoms with Crippen LogP contribution in [0.15, 0.2) is 18.2 Å². The molecule has 2 saturated heterocycles. The third-order valence-electron chi connectivity index (χ3n) is 6.93. The third kappa shape index (κ3) is 4.26. The van der Waals surface area contributed by atoms with E-state index in [-0.39, 0.29) is 24.4 Å². The van der Waals surface area contributed by atoms with E-state index < -0.39 is 5.60 Å². The molecule has 1 unspecified atom stereocenters. The fraction of sp³-hybridized carbons (Fsp3) is 0.708. The Labute approximate surface area is 181 Å². The number of carbonyl (C=O) groups is 1. The van der Waals surface area contributed by atoms with Gasteiger partial charge in [0.25, 0.3) is 0 Å². The van der Waals surface area contributed by atoms with Gasteiger partial charge < -0.3 is 18.9 Å². The summed E-state index contributed by atoms with van der Waals surface area (Å²) < 4.78 is 18.2. The number of ether oxygens (including phenoxy) is 1. The smallest absolute Gasteiger partial charge is 0.444 e. The van der Waals surface area contributed by atoms with Gasteiger partial charge in [0, 0.05) is 19.0 Å². The van der Waals surface area contributed by atoms with Crippen LogP contribution in [-0.2, 0) is 14.0 Å². The molecule has 0 radical (unpaired) electrons. The number of likely N-dealkylation sites (tertiary alicyclic amines) is 1. The van der Waals surface area contributed by atoms with Gasteiger partial charge in [0.2, 0.25) is 0 Å². The van der Waals surface area contributed by atoms with Gasteiger partial charge in [-0.2, -0.15) is 0 Å². The highest BCUT2D eigenvalue weighted by molar-refractivity contribution is 6.62. The van der Waals surface area contributed by atoms with Crippen LogP contribution in [0.25, 0.3) is 0 Å². The van der Waals surface area contributed by atoms with Crippen LogP contribution in [0.2, 0.25) is 0 Å². The number of nitrogens with zero attached hydrogens (tertiary/aromatic N) is 1. The van der Waals surface area contributed by atoms with Crippen LogP contribution in [-0.4, -0.2) is 48.0 Å². The maximum absolute atomic E-state index is 12.6.